The molecule has 0 amide bonds. The predicted octanol–water partition coefficient (Wildman–Crippen LogP) is 3.56. The molecule has 0 aliphatic carbocycles. The van der Waals surface area contributed by atoms with Crippen LogP contribution in [0.5, 0.6) is 17.2 Å². The average Bonchev–Trinajstić information content (AvgIpc) is 2.99. The second-order valence-corrected chi connectivity index (χ2v) is 5.84. The Morgan fingerprint density at radius 3 is 2.63 bits per heavy atom. The van der Waals surface area contributed by atoms with E-state index in [1.54, 1.807) is 25.1 Å². The molecule has 0 N–H and O–H groups in total. The number of hydrogen-bond donors (Lipinski definition) is 0. The zero-order chi connectivity index (χ0) is 19.4. The Balaban J connectivity index is 1.89. The van der Waals surface area contributed by atoms with Gasteiger partial charge in [-0.05, 0) is 38.1 Å². The van der Waals surface area contributed by atoms with Crippen molar-refractivity contribution in [2.24, 2.45) is 0 Å². The van der Waals surface area contributed by atoms with Crippen LogP contribution in [0.3, 0.4) is 0 Å². The molecule has 0 atom stereocenters. The molecule has 0 radical (unpaired) electrons. The normalized spacial score (nSPS) is 13.9. The van der Waals surface area contributed by atoms with Crippen LogP contribution in [0, 0.1) is 6.92 Å². The Kier molecular flexibility index (Phi) is 5.45. The number of carbonyl (C=O) groups excluding carboxylic acids is 2. The zero-order valence-electron chi connectivity index (χ0n) is 15.4. The summed E-state index contributed by atoms with van der Waals surface area (Å²) in [7, 11) is 1.29. The summed E-state index contributed by atoms with van der Waals surface area (Å²) in [5, 5.41) is 0. The highest BCUT2D eigenvalue weighted by Crippen LogP contribution is 2.39. The first kappa shape index (κ1) is 18.5. The molecule has 0 saturated heterocycles. The number of esters is 1. The summed E-state index contributed by atoms with van der Waals surface area (Å²) >= 11 is 0. The van der Waals surface area contributed by atoms with Gasteiger partial charge in [-0.15, -0.1) is 0 Å². The van der Waals surface area contributed by atoms with Gasteiger partial charge in [-0.25, -0.2) is 4.79 Å². The smallest absolute Gasteiger partial charge is 0.343 e. The Morgan fingerprint density at radius 1 is 1.11 bits per heavy atom. The lowest BCUT2D eigenvalue weighted by atomic mass is 10.1. The highest BCUT2D eigenvalue weighted by Gasteiger charge is 2.30. The molecule has 0 unspecified atom stereocenters. The molecule has 2 aromatic rings. The van der Waals surface area contributed by atoms with E-state index in [-0.39, 0.29) is 18.1 Å². The number of hydrogen-bond acceptors (Lipinski definition) is 6. The van der Waals surface area contributed by atoms with Crippen LogP contribution in [0.4, 0.5) is 0 Å². The van der Waals surface area contributed by atoms with Crippen molar-refractivity contribution in [3.8, 4) is 17.2 Å². The Bertz CT molecular complexity index is 913. The van der Waals surface area contributed by atoms with Crippen LogP contribution in [0.2, 0.25) is 0 Å². The van der Waals surface area contributed by atoms with E-state index in [1.807, 2.05) is 31.2 Å². The summed E-state index contributed by atoms with van der Waals surface area (Å²) in [6.45, 7) is 3.98. The third kappa shape index (κ3) is 3.79. The largest absolute Gasteiger partial charge is 0.493 e. The van der Waals surface area contributed by atoms with Gasteiger partial charge >= 0.3 is 5.97 Å². The lowest BCUT2D eigenvalue weighted by molar-refractivity contribution is -0.142. The van der Waals surface area contributed by atoms with Gasteiger partial charge in [0, 0.05) is 11.1 Å². The van der Waals surface area contributed by atoms with E-state index in [9.17, 15) is 9.59 Å². The van der Waals surface area contributed by atoms with Crippen molar-refractivity contribution in [2.75, 3.05) is 20.3 Å². The van der Waals surface area contributed by atoms with E-state index in [2.05, 4.69) is 4.74 Å². The van der Waals surface area contributed by atoms with Gasteiger partial charge in [0.05, 0.1) is 19.3 Å². The van der Waals surface area contributed by atoms with Crippen molar-refractivity contribution in [1.29, 1.82) is 0 Å². The fraction of sp³-hybridized carbons (Fsp3) is 0.238. The van der Waals surface area contributed by atoms with Crippen LogP contribution in [0.15, 0.2) is 42.2 Å². The number of para-hydroxylation sites is 1. The predicted molar refractivity (Wildman–Crippen MR) is 99.2 cm³/mol. The standard InChI is InChI=1S/C21H20O6/c1-4-25-17-8-6-5-7-14(17)11-18-20(23)15-9-10-16(13(2)21(15)27-18)26-12-19(22)24-3/h5-11H,4,12H2,1-3H3/b18-11-. The molecule has 0 aromatic heterocycles. The van der Waals surface area contributed by atoms with Gasteiger partial charge < -0.3 is 18.9 Å². The van der Waals surface area contributed by atoms with Crippen molar-refractivity contribution in [3.05, 3.63) is 58.8 Å². The first-order chi connectivity index (χ1) is 13.0. The molecule has 1 aliphatic rings. The van der Waals surface area contributed by atoms with Crippen molar-refractivity contribution in [3.63, 3.8) is 0 Å². The Labute approximate surface area is 157 Å². The monoisotopic (exact) mass is 368 g/mol. The number of methoxy groups -OCH3 is 1. The summed E-state index contributed by atoms with van der Waals surface area (Å²) in [4.78, 5) is 24.0. The molecule has 0 fully saturated rings. The number of allylic oxidation sites excluding steroid dienone is 1. The number of Topliss-reactive ketones (excluding diaryl/α,β-unsaturated/α-hetero) is 1. The Hall–Kier alpha value is -3.28. The number of benzene rings is 2. The summed E-state index contributed by atoms with van der Waals surface area (Å²) < 4.78 is 21.4. The van der Waals surface area contributed by atoms with Gasteiger partial charge in [0.15, 0.2) is 12.4 Å². The maximum absolute atomic E-state index is 12.7. The first-order valence-electron chi connectivity index (χ1n) is 8.54. The van der Waals surface area contributed by atoms with E-state index < -0.39 is 5.97 Å². The minimum absolute atomic E-state index is 0.209. The van der Waals surface area contributed by atoms with Gasteiger partial charge in [0.25, 0.3) is 0 Å². The molecule has 27 heavy (non-hydrogen) atoms. The molecule has 6 heteroatoms. The lowest BCUT2D eigenvalue weighted by Gasteiger charge is -2.10. The van der Waals surface area contributed by atoms with E-state index >= 15 is 0 Å². The second-order valence-electron chi connectivity index (χ2n) is 5.84. The third-order valence-electron chi connectivity index (χ3n) is 4.12. The van der Waals surface area contributed by atoms with Crippen molar-refractivity contribution < 1.29 is 28.5 Å². The molecule has 0 saturated carbocycles. The van der Waals surface area contributed by atoms with Crippen LogP contribution in [-0.4, -0.2) is 32.1 Å². The van der Waals surface area contributed by atoms with E-state index in [4.69, 9.17) is 14.2 Å². The van der Waals surface area contributed by atoms with E-state index in [0.29, 0.717) is 35.0 Å². The van der Waals surface area contributed by atoms with Gasteiger partial charge in [0.1, 0.15) is 17.2 Å². The van der Waals surface area contributed by atoms with Crippen LogP contribution in [0.1, 0.15) is 28.4 Å². The second kappa shape index (κ2) is 7.95. The van der Waals surface area contributed by atoms with Gasteiger partial charge in [0.2, 0.25) is 5.78 Å². The fourth-order valence-electron chi connectivity index (χ4n) is 2.75. The van der Waals surface area contributed by atoms with Crippen molar-refractivity contribution >= 4 is 17.8 Å². The summed E-state index contributed by atoms with van der Waals surface area (Å²) in [6.07, 6.45) is 1.67. The molecule has 2 aromatic carbocycles. The third-order valence-corrected chi connectivity index (χ3v) is 4.12. The minimum Gasteiger partial charge on any atom is -0.493 e. The molecule has 1 aliphatic heterocycles. The summed E-state index contributed by atoms with van der Waals surface area (Å²) in [5.41, 5.74) is 1.86. The highest BCUT2D eigenvalue weighted by atomic mass is 16.6. The number of fused-ring (bicyclic) bond motifs is 1. The maximum Gasteiger partial charge on any atom is 0.343 e. The molecular formula is C21H20O6. The SMILES string of the molecule is CCOc1ccccc1/C=C1\Oc2c(ccc(OCC(=O)OC)c2C)C1=O. The minimum atomic E-state index is -0.486. The molecule has 140 valence electrons. The topological polar surface area (TPSA) is 71.1 Å². The van der Waals surface area contributed by atoms with Crippen molar-refractivity contribution in [1.82, 2.24) is 0 Å². The number of ketones is 1. The summed E-state index contributed by atoms with van der Waals surface area (Å²) in [5.74, 6) is 1.09. The molecule has 0 spiro atoms. The quantitative estimate of drug-likeness (QED) is 0.573. The average molecular weight is 368 g/mol. The molecule has 1 heterocycles. The van der Waals surface area contributed by atoms with Crippen LogP contribution >= 0.6 is 0 Å². The van der Waals surface area contributed by atoms with Crippen LogP contribution in [-0.2, 0) is 9.53 Å². The van der Waals surface area contributed by atoms with Crippen LogP contribution < -0.4 is 14.2 Å². The lowest BCUT2D eigenvalue weighted by Crippen LogP contribution is -2.13. The molecule has 3 rings (SSSR count). The zero-order valence-corrected chi connectivity index (χ0v) is 15.4. The fourth-order valence-corrected chi connectivity index (χ4v) is 2.75. The van der Waals surface area contributed by atoms with Gasteiger partial charge in [-0.1, -0.05) is 18.2 Å². The van der Waals surface area contributed by atoms with Crippen LogP contribution in [0.25, 0.3) is 6.08 Å². The van der Waals surface area contributed by atoms with E-state index in [1.165, 1.54) is 7.11 Å². The first-order valence-corrected chi connectivity index (χ1v) is 8.54. The number of rotatable bonds is 6. The summed E-state index contributed by atoms with van der Waals surface area (Å²) in [6, 6.07) is 10.7. The number of carbonyl (C=O) groups is 2. The molecule has 0 bridgehead atoms. The highest BCUT2D eigenvalue weighted by molar-refractivity contribution is 6.15. The number of ether oxygens (including phenoxy) is 4. The van der Waals surface area contributed by atoms with Crippen molar-refractivity contribution in [2.45, 2.75) is 13.8 Å². The van der Waals surface area contributed by atoms with Gasteiger partial charge in [-0.2, -0.15) is 0 Å². The van der Waals surface area contributed by atoms with E-state index in [0.717, 1.165) is 5.56 Å². The Morgan fingerprint density at radius 2 is 1.89 bits per heavy atom. The maximum atomic E-state index is 12.7. The molecular weight excluding hydrogens is 348 g/mol. The van der Waals surface area contributed by atoms with Gasteiger partial charge in [-0.3, -0.25) is 4.79 Å². The molecule has 6 nitrogen and oxygen atoms in total.